The molecule has 1 N–H and O–H groups in total. The maximum Gasteiger partial charge on any atom is 0.244 e. The molecule has 4 aromatic rings. The molecule has 0 unspecified atom stereocenters. The second kappa shape index (κ2) is 8.92. The predicted molar refractivity (Wildman–Crippen MR) is 118 cm³/mol. The first-order valence-corrected chi connectivity index (χ1v) is 10.5. The Hall–Kier alpha value is -3.45. The van der Waals surface area contributed by atoms with Gasteiger partial charge in [-0.15, -0.1) is 11.3 Å². The Morgan fingerprint density at radius 2 is 2.00 bits per heavy atom. The molecule has 0 fully saturated rings. The van der Waals surface area contributed by atoms with Crippen LogP contribution in [0.4, 0.5) is 0 Å². The van der Waals surface area contributed by atoms with Crippen molar-refractivity contribution in [2.75, 3.05) is 0 Å². The number of benzene rings is 1. The van der Waals surface area contributed by atoms with Gasteiger partial charge in [-0.3, -0.25) is 4.79 Å². The van der Waals surface area contributed by atoms with Gasteiger partial charge in [0, 0.05) is 23.8 Å². The topological polar surface area (TPSA) is 68.5 Å². The van der Waals surface area contributed by atoms with Crippen LogP contribution in [0, 0.1) is 13.8 Å². The summed E-state index contributed by atoms with van der Waals surface area (Å²) in [7, 11) is 0. The Kier molecular flexibility index (Phi) is 5.90. The molecule has 0 aliphatic carbocycles. The SMILES string of the molecule is Cc1nc(COc2ccc(C=CC(=O)NCc3cn4cccc(C)c4n3)cc2)cs1. The number of amides is 1. The molecule has 0 atom stereocenters. The molecular formula is C23H22N4O2S. The zero-order valence-electron chi connectivity index (χ0n) is 16.8. The van der Waals surface area contributed by atoms with Gasteiger partial charge in [-0.25, -0.2) is 9.97 Å². The molecule has 4 rings (SSSR count). The number of hydrogen-bond acceptors (Lipinski definition) is 5. The van der Waals surface area contributed by atoms with E-state index in [9.17, 15) is 4.79 Å². The number of rotatable bonds is 7. The smallest absolute Gasteiger partial charge is 0.244 e. The number of fused-ring (bicyclic) bond motifs is 1. The Morgan fingerprint density at radius 3 is 2.73 bits per heavy atom. The van der Waals surface area contributed by atoms with E-state index in [2.05, 4.69) is 15.3 Å². The fourth-order valence-electron chi connectivity index (χ4n) is 3.01. The van der Waals surface area contributed by atoms with E-state index in [1.165, 1.54) is 6.08 Å². The Bertz CT molecular complexity index is 1190. The molecule has 0 aliphatic rings. The van der Waals surface area contributed by atoms with Gasteiger partial charge in [-0.2, -0.15) is 0 Å². The Labute approximate surface area is 178 Å². The van der Waals surface area contributed by atoms with Crippen LogP contribution in [0.3, 0.4) is 0 Å². The van der Waals surface area contributed by atoms with E-state index in [4.69, 9.17) is 4.74 Å². The Morgan fingerprint density at radius 1 is 1.17 bits per heavy atom. The average Bonchev–Trinajstić information content (AvgIpc) is 3.36. The molecule has 0 radical (unpaired) electrons. The van der Waals surface area contributed by atoms with E-state index in [1.807, 2.05) is 72.4 Å². The second-order valence-electron chi connectivity index (χ2n) is 6.92. The number of aromatic nitrogens is 3. The van der Waals surface area contributed by atoms with Crippen molar-refractivity contribution >= 4 is 29.0 Å². The number of ether oxygens (including phenoxy) is 1. The molecule has 7 heteroatoms. The van der Waals surface area contributed by atoms with Crippen LogP contribution in [0.2, 0.25) is 0 Å². The van der Waals surface area contributed by atoms with Crippen LogP contribution in [0.1, 0.15) is 27.5 Å². The minimum absolute atomic E-state index is 0.164. The van der Waals surface area contributed by atoms with Crippen LogP contribution < -0.4 is 10.1 Å². The van der Waals surface area contributed by atoms with Crippen molar-refractivity contribution in [3.8, 4) is 5.75 Å². The number of hydrogen-bond donors (Lipinski definition) is 1. The molecule has 3 heterocycles. The summed E-state index contributed by atoms with van der Waals surface area (Å²) >= 11 is 1.61. The lowest BCUT2D eigenvalue weighted by molar-refractivity contribution is -0.116. The third-order valence-corrected chi connectivity index (χ3v) is 5.35. The lowest BCUT2D eigenvalue weighted by Gasteiger charge is -2.04. The summed E-state index contributed by atoms with van der Waals surface area (Å²) in [5.74, 6) is 0.604. The van der Waals surface area contributed by atoms with Crippen molar-refractivity contribution in [1.82, 2.24) is 19.7 Å². The van der Waals surface area contributed by atoms with Gasteiger partial charge in [0.25, 0.3) is 0 Å². The number of pyridine rings is 1. The molecule has 3 aromatic heterocycles. The third-order valence-electron chi connectivity index (χ3n) is 4.53. The van der Waals surface area contributed by atoms with Crippen molar-refractivity contribution in [2.45, 2.75) is 27.0 Å². The second-order valence-corrected chi connectivity index (χ2v) is 7.98. The van der Waals surface area contributed by atoms with Gasteiger partial charge in [0.05, 0.1) is 22.9 Å². The van der Waals surface area contributed by atoms with Crippen LogP contribution in [-0.2, 0) is 17.9 Å². The molecule has 1 amide bonds. The fraction of sp³-hybridized carbons (Fsp3) is 0.174. The van der Waals surface area contributed by atoms with E-state index in [0.717, 1.165) is 38.9 Å². The van der Waals surface area contributed by atoms with Gasteiger partial charge in [0.2, 0.25) is 5.91 Å². The number of thiazole rings is 1. The monoisotopic (exact) mass is 418 g/mol. The molecule has 1 aromatic carbocycles. The molecule has 152 valence electrons. The summed E-state index contributed by atoms with van der Waals surface area (Å²) < 4.78 is 7.70. The third kappa shape index (κ3) is 4.93. The first-order chi connectivity index (χ1) is 14.6. The fourth-order valence-corrected chi connectivity index (χ4v) is 3.60. The molecule has 0 spiro atoms. The number of carbonyl (C=O) groups is 1. The molecular weight excluding hydrogens is 396 g/mol. The van der Waals surface area contributed by atoms with Gasteiger partial charge < -0.3 is 14.5 Å². The van der Waals surface area contributed by atoms with E-state index in [0.29, 0.717) is 13.2 Å². The van der Waals surface area contributed by atoms with Crippen molar-refractivity contribution in [3.05, 3.63) is 87.8 Å². The number of nitrogens with one attached hydrogen (secondary N) is 1. The quantitative estimate of drug-likeness (QED) is 0.454. The minimum Gasteiger partial charge on any atom is -0.487 e. The van der Waals surface area contributed by atoms with E-state index >= 15 is 0 Å². The van der Waals surface area contributed by atoms with Crippen molar-refractivity contribution in [1.29, 1.82) is 0 Å². The standard InChI is InChI=1S/C23H22N4O2S/c1-16-4-3-11-27-13-19(26-23(16)27)12-24-22(28)10-7-18-5-8-21(9-6-18)29-14-20-15-30-17(2)25-20/h3-11,13,15H,12,14H2,1-2H3,(H,24,28). The van der Waals surface area contributed by atoms with Crippen molar-refractivity contribution in [2.24, 2.45) is 0 Å². The number of aryl methyl sites for hydroxylation is 2. The molecule has 30 heavy (non-hydrogen) atoms. The molecule has 0 bridgehead atoms. The predicted octanol–water partition coefficient (Wildman–Crippen LogP) is 4.32. The lowest BCUT2D eigenvalue weighted by Crippen LogP contribution is -2.20. The zero-order chi connectivity index (χ0) is 20.9. The number of imidazole rings is 1. The number of carbonyl (C=O) groups excluding carboxylic acids is 1. The van der Waals surface area contributed by atoms with Gasteiger partial charge >= 0.3 is 0 Å². The minimum atomic E-state index is -0.164. The highest BCUT2D eigenvalue weighted by atomic mass is 32.1. The summed E-state index contributed by atoms with van der Waals surface area (Å²) in [5.41, 5.74) is 4.68. The highest BCUT2D eigenvalue weighted by molar-refractivity contribution is 7.09. The van der Waals surface area contributed by atoms with Gasteiger partial charge in [-0.1, -0.05) is 18.2 Å². The van der Waals surface area contributed by atoms with Crippen molar-refractivity contribution in [3.63, 3.8) is 0 Å². The van der Waals surface area contributed by atoms with E-state index in [1.54, 1.807) is 17.4 Å². The van der Waals surface area contributed by atoms with E-state index < -0.39 is 0 Å². The normalized spacial score (nSPS) is 11.3. The van der Waals surface area contributed by atoms with Crippen LogP contribution >= 0.6 is 11.3 Å². The summed E-state index contributed by atoms with van der Waals surface area (Å²) in [6.07, 6.45) is 7.18. The van der Waals surface area contributed by atoms with Gasteiger partial charge in [0.1, 0.15) is 18.0 Å². The molecule has 0 saturated carbocycles. The summed E-state index contributed by atoms with van der Waals surface area (Å²) in [6, 6.07) is 11.6. The highest BCUT2D eigenvalue weighted by Gasteiger charge is 2.05. The maximum absolute atomic E-state index is 12.1. The first kappa shape index (κ1) is 19.8. The Balaban J connectivity index is 1.28. The first-order valence-electron chi connectivity index (χ1n) is 9.60. The molecule has 0 aliphatic heterocycles. The molecule has 0 saturated heterocycles. The molecule has 6 nitrogen and oxygen atoms in total. The average molecular weight is 419 g/mol. The lowest BCUT2D eigenvalue weighted by atomic mass is 10.2. The van der Waals surface area contributed by atoms with Gasteiger partial charge in [-0.05, 0) is 49.2 Å². The summed E-state index contributed by atoms with van der Waals surface area (Å²) in [6.45, 7) is 4.82. The van der Waals surface area contributed by atoms with E-state index in [-0.39, 0.29) is 5.91 Å². The maximum atomic E-state index is 12.1. The summed E-state index contributed by atoms with van der Waals surface area (Å²) in [5, 5.41) is 5.90. The zero-order valence-corrected chi connectivity index (χ0v) is 17.6. The largest absolute Gasteiger partial charge is 0.487 e. The van der Waals surface area contributed by atoms with Crippen molar-refractivity contribution < 1.29 is 9.53 Å². The summed E-state index contributed by atoms with van der Waals surface area (Å²) in [4.78, 5) is 21.1. The van der Waals surface area contributed by atoms with Crippen LogP contribution in [0.5, 0.6) is 5.75 Å². The number of nitrogens with zero attached hydrogens (tertiary/aromatic N) is 3. The van der Waals surface area contributed by atoms with Crippen LogP contribution in [0.15, 0.2) is 60.2 Å². The van der Waals surface area contributed by atoms with Gasteiger partial charge in [0.15, 0.2) is 0 Å². The highest BCUT2D eigenvalue weighted by Crippen LogP contribution is 2.16. The van der Waals surface area contributed by atoms with Crippen LogP contribution in [0.25, 0.3) is 11.7 Å². The van der Waals surface area contributed by atoms with Crippen LogP contribution in [-0.4, -0.2) is 20.3 Å².